The summed E-state index contributed by atoms with van der Waals surface area (Å²) in [6.07, 6.45) is 5.47. The molecule has 1 aromatic rings. The quantitative estimate of drug-likeness (QED) is 0.532. The third kappa shape index (κ3) is 2.72. The number of aromatic nitrogens is 1. The Bertz CT molecular complexity index is 266. The molecular weight excluding hydrogens is 174 g/mol. The Labute approximate surface area is 86.2 Å². The standard InChI is InChI=1S/C12H18NO/c1-4-5-12(10(2)3)11-6-8-13(14)9-7-11/h6-9,12H,4-5H2,1-3H3. The van der Waals surface area contributed by atoms with Crippen LogP contribution in [0.1, 0.15) is 45.1 Å². The highest BCUT2D eigenvalue weighted by Crippen LogP contribution is 2.29. The van der Waals surface area contributed by atoms with Crippen molar-refractivity contribution in [2.45, 2.75) is 39.5 Å². The summed E-state index contributed by atoms with van der Waals surface area (Å²) in [4.78, 5) is 0. The second kappa shape index (κ2) is 4.99. The van der Waals surface area contributed by atoms with E-state index in [1.165, 1.54) is 17.9 Å². The van der Waals surface area contributed by atoms with E-state index in [0.29, 0.717) is 5.92 Å². The molecule has 2 nitrogen and oxygen atoms in total. The van der Waals surface area contributed by atoms with E-state index in [4.69, 9.17) is 0 Å². The smallest absolute Gasteiger partial charge is 0.180 e. The van der Waals surface area contributed by atoms with Gasteiger partial charge in [-0.15, -0.1) is 0 Å². The van der Waals surface area contributed by atoms with Crippen LogP contribution in [-0.4, -0.2) is 0 Å². The largest absolute Gasteiger partial charge is 0.619 e. The Balaban J connectivity index is 2.82. The molecule has 0 fully saturated rings. The Kier molecular flexibility index (Phi) is 3.93. The summed E-state index contributed by atoms with van der Waals surface area (Å²) in [6.45, 7) is 6.49. The summed E-state index contributed by atoms with van der Waals surface area (Å²) in [5.41, 5.74) is 1.25. The van der Waals surface area contributed by atoms with Gasteiger partial charge in [0.25, 0.3) is 0 Å². The average Bonchev–Trinajstić information content (AvgIpc) is 2.15. The van der Waals surface area contributed by atoms with E-state index in [2.05, 4.69) is 20.8 Å². The predicted molar refractivity (Wildman–Crippen MR) is 57.6 cm³/mol. The summed E-state index contributed by atoms with van der Waals surface area (Å²) in [5, 5.41) is 10.9. The lowest BCUT2D eigenvalue weighted by Gasteiger charge is -2.19. The van der Waals surface area contributed by atoms with Gasteiger partial charge in [0.15, 0.2) is 12.4 Å². The maximum Gasteiger partial charge on any atom is 0.180 e. The van der Waals surface area contributed by atoms with Crippen molar-refractivity contribution in [1.29, 1.82) is 0 Å². The minimum absolute atomic E-state index is 0.501. The van der Waals surface area contributed by atoms with Gasteiger partial charge in [-0.2, -0.15) is 4.73 Å². The first-order valence-electron chi connectivity index (χ1n) is 5.14. The highest BCUT2D eigenvalue weighted by atomic mass is 16.5. The van der Waals surface area contributed by atoms with Crippen LogP contribution in [0.3, 0.4) is 0 Å². The molecule has 0 aromatic carbocycles. The summed E-state index contributed by atoms with van der Waals surface area (Å²) in [7, 11) is 0. The normalized spacial score (nSPS) is 13.1. The third-order valence-electron chi connectivity index (χ3n) is 2.50. The zero-order valence-electron chi connectivity index (χ0n) is 9.16. The Hall–Kier alpha value is -1.05. The molecule has 0 aliphatic heterocycles. The minimum Gasteiger partial charge on any atom is -0.619 e. The SMILES string of the molecule is CCCC([C](C)C)c1cc[n+]([O-])cc1. The lowest BCUT2D eigenvalue weighted by molar-refractivity contribution is -0.605. The monoisotopic (exact) mass is 192 g/mol. The van der Waals surface area contributed by atoms with Gasteiger partial charge in [-0.1, -0.05) is 27.2 Å². The Morgan fingerprint density at radius 3 is 2.36 bits per heavy atom. The molecule has 2 heteroatoms. The van der Waals surface area contributed by atoms with E-state index in [0.717, 1.165) is 11.2 Å². The summed E-state index contributed by atoms with van der Waals surface area (Å²) in [6, 6.07) is 3.83. The van der Waals surface area contributed by atoms with Gasteiger partial charge in [0.05, 0.1) is 0 Å². The average molecular weight is 192 g/mol. The van der Waals surface area contributed by atoms with Gasteiger partial charge in [-0.25, -0.2) is 0 Å². The third-order valence-corrected chi connectivity index (χ3v) is 2.50. The molecule has 0 amide bonds. The molecule has 77 valence electrons. The van der Waals surface area contributed by atoms with Gasteiger partial charge >= 0.3 is 0 Å². The topological polar surface area (TPSA) is 26.9 Å². The molecule has 0 saturated heterocycles. The molecule has 0 aliphatic carbocycles. The molecule has 0 bridgehead atoms. The van der Waals surface area contributed by atoms with Crippen molar-refractivity contribution in [2.75, 3.05) is 0 Å². The Morgan fingerprint density at radius 1 is 1.36 bits per heavy atom. The van der Waals surface area contributed by atoms with Crippen LogP contribution in [0, 0.1) is 11.1 Å². The molecule has 1 heterocycles. The molecule has 1 aromatic heterocycles. The molecule has 0 spiro atoms. The zero-order chi connectivity index (χ0) is 10.6. The Morgan fingerprint density at radius 2 is 1.93 bits per heavy atom. The number of nitrogens with zero attached hydrogens (tertiary/aromatic N) is 1. The molecule has 0 N–H and O–H groups in total. The van der Waals surface area contributed by atoms with Crippen LogP contribution in [0.2, 0.25) is 0 Å². The fraction of sp³-hybridized carbons (Fsp3) is 0.500. The fourth-order valence-electron chi connectivity index (χ4n) is 1.73. The molecule has 0 aliphatic rings. The number of hydrogen-bond donors (Lipinski definition) is 0. The van der Waals surface area contributed by atoms with E-state index < -0.39 is 0 Å². The van der Waals surface area contributed by atoms with Crippen LogP contribution in [0.5, 0.6) is 0 Å². The van der Waals surface area contributed by atoms with Crippen molar-refractivity contribution in [2.24, 2.45) is 0 Å². The van der Waals surface area contributed by atoms with Gasteiger partial charge < -0.3 is 5.21 Å². The lowest BCUT2D eigenvalue weighted by atomic mass is 9.85. The van der Waals surface area contributed by atoms with E-state index >= 15 is 0 Å². The van der Waals surface area contributed by atoms with Gasteiger partial charge in [0.2, 0.25) is 0 Å². The maximum absolute atomic E-state index is 10.9. The minimum atomic E-state index is 0.501. The molecule has 14 heavy (non-hydrogen) atoms. The molecular formula is C12H18NO. The van der Waals surface area contributed by atoms with Crippen LogP contribution in [0.4, 0.5) is 0 Å². The first-order chi connectivity index (χ1) is 6.65. The van der Waals surface area contributed by atoms with Crippen LogP contribution < -0.4 is 4.73 Å². The predicted octanol–water partition coefficient (Wildman–Crippen LogP) is 2.82. The number of hydrogen-bond acceptors (Lipinski definition) is 1. The van der Waals surface area contributed by atoms with Crippen molar-refractivity contribution in [3.05, 3.63) is 41.2 Å². The van der Waals surface area contributed by atoms with Crippen molar-refractivity contribution in [3.63, 3.8) is 0 Å². The van der Waals surface area contributed by atoms with Gasteiger partial charge in [-0.05, 0) is 23.8 Å². The second-order valence-corrected chi connectivity index (χ2v) is 3.91. The summed E-state index contributed by atoms with van der Waals surface area (Å²) < 4.78 is 0.831. The van der Waals surface area contributed by atoms with Crippen molar-refractivity contribution in [1.82, 2.24) is 0 Å². The number of pyridine rings is 1. The highest BCUT2D eigenvalue weighted by Gasteiger charge is 2.15. The van der Waals surface area contributed by atoms with E-state index in [-0.39, 0.29) is 0 Å². The van der Waals surface area contributed by atoms with E-state index in [9.17, 15) is 5.21 Å². The lowest BCUT2D eigenvalue weighted by Crippen LogP contribution is -2.24. The molecule has 1 radical (unpaired) electrons. The van der Waals surface area contributed by atoms with Crippen LogP contribution >= 0.6 is 0 Å². The van der Waals surface area contributed by atoms with Crippen LogP contribution in [0.15, 0.2) is 24.5 Å². The van der Waals surface area contributed by atoms with Crippen molar-refractivity contribution in [3.8, 4) is 0 Å². The van der Waals surface area contributed by atoms with Gasteiger partial charge in [0, 0.05) is 12.1 Å². The van der Waals surface area contributed by atoms with E-state index in [1.54, 1.807) is 12.4 Å². The molecule has 1 atom stereocenters. The van der Waals surface area contributed by atoms with Crippen molar-refractivity contribution < 1.29 is 4.73 Å². The van der Waals surface area contributed by atoms with Crippen LogP contribution in [-0.2, 0) is 0 Å². The zero-order valence-corrected chi connectivity index (χ0v) is 9.16. The summed E-state index contributed by atoms with van der Waals surface area (Å²) in [5.74, 6) is 1.91. The number of rotatable bonds is 4. The van der Waals surface area contributed by atoms with Gasteiger partial charge in [0.1, 0.15) is 0 Å². The molecule has 1 unspecified atom stereocenters. The molecule has 1 rings (SSSR count). The van der Waals surface area contributed by atoms with Gasteiger partial charge in [-0.3, -0.25) is 0 Å². The maximum atomic E-state index is 10.9. The molecule has 0 saturated carbocycles. The summed E-state index contributed by atoms with van der Waals surface area (Å²) >= 11 is 0. The van der Waals surface area contributed by atoms with Crippen molar-refractivity contribution >= 4 is 0 Å². The highest BCUT2D eigenvalue weighted by molar-refractivity contribution is 5.20. The second-order valence-electron chi connectivity index (χ2n) is 3.91. The fourth-order valence-corrected chi connectivity index (χ4v) is 1.73. The first-order valence-corrected chi connectivity index (χ1v) is 5.14. The first kappa shape index (κ1) is 11.0. The van der Waals surface area contributed by atoms with Crippen LogP contribution in [0.25, 0.3) is 0 Å². The van der Waals surface area contributed by atoms with E-state index in [1.807, 2.05) is 12.1 Å².